The minimum Gasteiger partial charge on any atom is -0.347 e. The van der Waals surface area contributed by atoms with Crippen LogP contribution >= 0.6 is 11.6 Å². The van der Waals surface area contributed by atoms with Crippen molar-refractivity contribution in [2.24, 2.45) is 7.05 Å². The van der Waals surface area contributed by atoms with E-state index in [9.17, 15) is 4.79 Å². The van der Waals surface area contributed by atoms with Gasteiger partial charge >= 0.3 is 0 Å². The van der Waals surface area contributed by atoms with Gasteiger partial charge in [-0.3, -0.25) is 9.48 Å². The molecule has 5 nitrogen and oxygen atoms in total. The van der Waals surface area contributed by atoms with Crippen LogP contribution in [0.5, 0.6) is 0 Å². The van der Waals surface area contributed by atoms with Crippen LogP contribution in [0.4, 0.5) is 0 Å². The highest BCUT2D eigenvalue weighted by Crippen LogP contribution is 2.16. The van der Waals surface area contributed by atoms with Crippen molar-refractivity contribution in [3.8, 4) is 0 Å². The van der Waals surface area contributed by atoms with Gasteiger partial charge in [-0.05, 0) is 13.0 Å². The van der Waals surface area contributed by atoms with Crippen molar-refractivity contribution in [3.05, 3.63) is 35.1 Å². The van der Waals surface area contributed by atoms with Crippen LogP contribution in [0.15, 0.2) is 23.9 Å². The number of rotatable bonds is 3. The smallest absolute Gasteiger partial charge is 0.253 e. The molecule has 0 atom stereocenters. The average molecular weight is 265 g/mol. The molecule has 1 amide bonds. The van der Waals surface area contributed by atoms with Gasteiger partial charge in [0.2, 0.25) is 0 Å². The van der Waals surface area contributed by atoms with Crippen LogP contribution in [-0.2, 0) is 7.05 Å². The molecule has 0 fully saturated rings. The Morgan fingerprint density at radius 1 is 1.61 bits per heavy atom. The van der Waals surface area contributed by atoms with E-state index in [0.717, 1.165) is 16.7 Å². The molecular weight excluding hydrogens is 252 g/mol. The van der Waals surface area contributed by atoms with Gasteiger partial charge in [0.1, 0.15) is 0 Å². The van der Waals surface area contributed by atoms with E-state index >= 15 is 0 Å². The first kappa shape index (κ1) is 12.6. The van der Waals surface area contributed by atoms with Crippen LogP contribution < -0.4 is 5.32 Å². The lowest BCUT2D eigenvalue weighted by Crippen LogP contribution is -2.24. The first-order valence-corrected chi connectivity index (χ1v) is 5.77. The standard InChI is InChI=1S/C12H13ClN4O/c1-7(13)5-15-12(18)9-4-10-8(2)16-17(3)11(10)14-6-9/h4,6H,1,5H2,2-3H3,(H,15,18). The second-order valence-corrected chi connectivity index (χ2v) is 4.54. The van der Waals surface area contributed by atoms with E-state index in [0.29, 0.717) is 10.6 Å². The highest BCUT2D eigenvalue weighted by Gasteiger charge is 2.11. The fraction of sp³-hybridized carbons (Fsp3) is 0.250. The Hall–Kier alpha value is -1.88. The predicted molar refractivity (Wildman–Crippen MR) is 70.6 cm³/mol. The van der Waals surface area contributed by atoms with Crippen LogP contribution in [-0.4, -0.2) is 27.2 Å². The number of carbonyl (C=O) groups is 1. The third-order valence-corrected chi connectivity index (χ3v) is 2.70. The number of pyridine rings is 1. The lowest BCUT2D eigenvalue weighted by atomic mass is 10.2. The van der Waals surface area contributed by atoms with Crippen molar-refractivity contribution in [2.45, 2.75) is 6.92 Å². The van der Waals surface area contributed by atoms with Crippen molar-refractivity contribution >= 4 is 28.5 Å². The minimum atomic E-state index is -0.227. The van der Waals surface area contributed by atoms with Crippen molar-refractivity contribution < 1.29 is 4.79 Å². The largest absolute Gasteiger partial charge is 0.347 e. The number of nitrogens with zero attached hydrogens (tertiary/aromatic N) is 3. The monoisotopic (exact) mass is 264 g/mol. The third-order valence-electron chi connectivity index (χ3n) is 2.57. The minimum absolute atomic E-state index is 0.227. The van der Waals surface area contributed by atoms with Gasteiger partial charge in [0.25, 0.3) is 5.91 Å². The number of amides is 1. The predicted octanol–water partition coefficient (Wildman–Crippen LogP) is 1.76. The number of carbonyl (C=O) groups excluding carboxylic acids is 1. The maximum atomic E-state index is 11.8. The first-order valence-electron chi connectivity index (χ1n) is 5.40. The van der Waals surface area contributed by atoms with Gasteiger partial charge in [0.05, 0.1) is 17.8 Å². The lowest BCUT2D eigenvalue weighted by Gasteiger charge is -2.03. The molecule has 0 aliphatic heterocycles. The van der Waals surface area contributed by atoms with Crippen LogP contribution in [0.25, 0.3) is 11.0 Å². The molecule has 0 aliphatic carbocycles. The van der Waals surface area contributed by atoms with E-state index in [1.807, 2.05) is 14.0 Å². The number of aromatic nitrogens is 3. The Morgan fingerprint density at radius 3 is 3.00 bits per heavy atom. The van der Waals surface area contributed by atoms with Crippen LogP contribution in [0.1, 0.15) is 16.1 Å². The fourth-order valence-corrected chi connectivity index (χ4v) is 1.78. The number of hydrogen-bond acceptors (Lipinski definition) is 3. The summed E-state index contributed by atoms with van der Waals surface area (Å²) in [6, 6.07) is 1.77. The van der Waals surface area contributed by atoms with Gasteiger partial charge in [-0.1, -0.05) is 18.2 Å². The molecule has 0 spiro atoms. The SMILES string of the molecule is C=C(Cl)CNC(=O)c1cnc2c(c1)c(C)nn2C. The Morgan fingerprint density at radius 2 is 2.33 bits per heavy atom. The zero-order valence-electron chi connectivity index (χ0n) is 10.2. The number of nitrogens with one attached hydrogen (secondary N) is 1. The van der Waals surface area contributed by atoms with E-state index < -0.39 is 0 Å². The van der Waals surface area contributed by atoms with Gasteiger partial charge < -0.3 is 5.32 Å². The van der Waals surface area contributed by atoms with Gasteiger partial charge in [0.15, 0.2) is 5.65 Å². The van der Waals surface area contributed by atoms with E-state index in [1.165, 1.54) is 6.20 Å². The Balaban J connectivity index is 2.32. The molecule has 2 aromatic heterocycles. The topological polar surface area (TPSA) is 59.8 Å². The average Bonchev–Trinajstić information content (AvgIpc) is 2.61. The molecule has 0 aliphatic rings. The molecule has 2 rings (SSSR count). The summed E-state index contributed by atoms with van der Waals surface area (Å²) < 4.78 is 1.69. The molecule has 2 heterocycles. The second-order valence-electron chi connectivity index (χ2n) is 4.00. The highest BCUT2D eigenvalue weighted by molar-refractivity contribution is 6.29. The zero-order valence-corrected chi connectivity index (χ0v) is 11.0. The van der Waals surface area contributed by atoms with Crippen molar-refractivity contribution in [2.75, 3.05) is 6.54 Å². The normalized spacial score (nSPS) is 10.6. The van der Waals surface area contributed by atoms with E-state index in [1.54, 1.807) is 10.7 Å². The second kappa shape index (κ2) is 4.78. The molecule has 0 radical (unpaired) electrons. The molecular formula is C12H13ClN4O. The zero-order chi connectivity index (χ0) is 13.3. The summed E-state index contributed by atoms with van der Waals surface area (Å²) in [7, 11) is 1.82. The maximum Gasteiger partial charge on any atom is 0.253 e. The fourth-order valence-electron chi connectivity index (χ4n) is 1.71. The van der Waals surface area contributed by atoms with E-state index in [-0.39, 0.29) is 12.5 Å². The third kappa shape index (κ3) is 2.36. The van der Waals surface area contributed by atoms with Crippen LogP contribution in [0.3, 0.4) is 0 Å². The molecule has 0 saturated heterocycles. The summed E-state index contributed by atoms with van der Waals surface area (Å²) in [6.07, 6.45) is 1.52. The lowest BCUT2D eigenvalue weighted by molar-refractivity contribution is 0.0957. The van der Waals surface area contributed by atoms with Crippen molar-refractivity contribution in [1.29, 1.82) is 0 Å². The number of halogens is 1. The summed E-state index contributed by atoms with van der Waals surface area (Å²) in [5.74, 6) is -0.227. The summed E-state index contributed by atoms with van der Waals surface area (Å²) in [6.45, 7) is 5.63. The molecule has 0 bridgehead atoms. The van der Waals surface area contributed by atoms with Gasteiger partial charge in [-0.15, -0.1) is 0 Å². The van der Waals surface area contributed by atoms with Crippen LogP contribution in [0, 0.1) is 6.92 Å². The summed E-state index contributed by atoms with van der Waals surface area (Å²) in [5.41, 5.74) is 2.08. The maximum absolute atomic E-state index is 11.8. The summed E-state index contributed by atoms with van der Waals surface area (Å²) in [4.78, 5) is 16.1. The van der Waals surface area contributed by atoms with Crippen molar-refractivity contribution in [1.82, 2.24) is 20.1 Å². The highest BCUT2D eigenvalue weighted by atomic mass is 35.5. The number of hydrogen-bond donors (Lipinski definition) is 1. The Labute approximate surface area is 109 Å². The molecule has 94 valence electrons. The number of fused-ring (bicyclic) bond motifs is 1. The summed E-state index contributed by atoms with van der Waals surface area (Å²) in [5, 5.41) is 8.16. The molecule has 0 aromatic carbocycles. The quantitative estimate of drug-likeness (QED) is 0.919. The van der Waals surface area contributed by atoms with E-state index in [4.69, 9.17) is 11.6 Å². The molecule has 2 aromatic rings. The first-order chi connectivity index (χ1) is 8.49. The summed E-state index contributed by atoms with van der Waals surface area (Å²) >= 11 is 5.59. The van der Waals surface area contributed by atoms with Crippen molar-refractivity contribution in [3.63, 3.8) is 0 Å². The van der Waals surface area contributed by atoms with E-state index in [2.05, 4.69) is 22.0 Å². The molecule has 0 unspecified atom stereocenters. The Bertz CT molecular complexity index is 632. The molecule has 1 N–H and O–H groups in total. The molecule has 6 heteroatoms. The molecule has 18 heavy (non-hydrogen) atoms. The van der Waals surface area contributed by atoms with Gasteiger partial charge in [0, 0.05) is 23.7 Å². The van der Waals surface area contributed by atoms with Crippen LogP contribution in [0.2, 0.25) is 0 Å². The Kier molecular flexibility index (Phi) is 3.34. The van der Waals surface area contributed by atoms with Gasteiger partial charge in [-0.25, -0.2) is 4.98 Å². The molecule has 0 saturated carbocycles. The number of aryl methyl sites for hydroxylation is 2. The van der Waals surface area contributed by atoms with Gasteiger partial charge in [-0.2, -0.15) is 5.10 Å².